The van der Waals surface area contributed by atoms with Crippen molar-refractivity contribution in [2.24, 2.45) is 0 Å². The third kappa shape index (κ3) is 3.93. The van der Waals surface area contributed by atoms with Crippen molar-refractivity contribution >= 4 is 5.69 Å². The number of hydrogen-bond donors (Lipinski definition) is 1. The molecule has 2 unspecified atom stereocenters. The zero-order valence-electron chi connectivity index (χ0n) is 12.8. The minimum atomic E-state index is -0.163. The van der Waals surface area contributed by atoms with Crippen LogP contribution in [0.2, 0.25) is 0 Å². The molecule has 1 rings (SSSR count). The fourth-order valence-electron chi connectivity index (χ4n) is 2.49. The smallest absolute Gasteiger partial charge is 0.123 e. The van der Waals surface area contributed by atoms with Crippen molar-refractivity contribution in [3.63, 3.8) is 0 Å². The molecule has 19 heavy (non-hydrogen) atoms. The largest absolute Gasteiger partial charge is 0.369 e. The Morgan fingerprint density at radius 1 is 1.21 bits per heavy atom. The molecule has 2 nitrogen and oxygen atoms in total. The van der Waals surface area contributed by atoms with Crippen LogP contribution in [0, 0.1) is 5.82 Å². The Bertz CT molecular complexity index is 392. The minimum Gasteiger partial charge on any atom is -0.369 e. The van der Waals surface area contributed by atoms with Gasteiger partial charge in [0.05, 0.1) is 0 Å². The molecule has 3 heteroatoms. The third-order valence-corrected chi connectivity index (χ3v) is 3.74. The van der Waals surface area contributed by atoms with Crippen molar-refractivity contribution in [1.82, 2.24) is 5.32 Å². The van der Waals surface area contributed by atoms with Crippen molar-refractivity contribution in [3.05, 3.63) is 29.6 Å². The first-order valence-corrected chi connectivity index (χ1v) is 7.34. The van der Waals surface area contributed by atoms with E-state index in [1.165, 1.54) is 0 Å². The predicted molar refractivity (Wildman–Crippen MR) is 81.3 cm³/mol. The van der Waals surface area contributed by atoms with Crippen molar-refractivity contribution in [1.29, 1.82) is 0 Å². The second kappa shape index (κ2) is 7.49. The van der Waals surface area contributed by atoms with Gasteiger partial charge in [0.15, 0.2) is 0 Å². The van der Waals surface area contributed by atoms with E-state index in [0.717, 1.165) is 30.8 Å². The SMILES string of the molecule is CCNC(C)c1cc(F)ccc1N(CC)C(C)CC. The first kappa shape index (κ1) is 16.0. The van der Waals surface area contributed by atoms with Crippen LogP contribution >= 0.6 is 0 Å². The average Bonchev–Trinajstić information content (AvgIpc) is 2.41. The molecular weight excluding hydrogens is 239 g/mol. The Hall–Kier alpha value is -1.09. The molecule has 1 N–H and O–H groups in total. The van der Waals surface area contributed by atoms with E-state index >= 15 is 0 Å². The molecule has 0 aliphatic rings. The van der Waals surface area contributed by atoms with E-state index in [-0.39, 0.29) is 11.9 Å². The summed E-state index contributed by atoms with van der Waals surface area (Å²) < 4.78 is 13.6. The van der Waals surface area contributed by atoms with E-state index < -0.39 is 0 Å². The molecule has 1 aromatic carbocycles. The fraction of sp³-hybridized carbons (Fsp3) is 0.625. The van der Waals surface area contributed by atoms with Crippen LogP contribution in [0.15, 0.2) is 18.2 Å². The molecule has 0 aliphatic carbocycles. The molecule has 108 valence electrons. The molecule has 0 fully saturated rings. The Balaban J connectivity index is 3.17. The molecule has 0 amide bonds. The maximum atomic E-state index is 13.6. The van der Waals surface area contributed by atoms with Crippen LogP contribution in [0.1, 0.15) is 52.6 Å². The predicted octanol–water partition coefficient (Wildman–Crippen LogP) is 4.12. The molecule has 0 saturated heterocycles. The van der Waals surface area contributed by atoms with Gasteiger partial charge >= 0.3 is 0 Å². The molecule has 0 radical (unpaired) electrons. The molecule has 0 saturated carbocycles. The van der Waals surface area contributed by atoms with Gasteiger partial charge in [-0.3, -0.25) is 0 Å². The maximum Gasteiger partial charge on any atom is 0.123 e. The topological polar surface area (TPSA) is 15.3 Å². The lowest BCUT2D eigenvalue weighted by atomic mass is 10.0. The number of anilines is 1. The highest BCUT2D eigenvalue weighted by Crippen LogP contribution is 2.29. The van der Waals surface area contributed by atoms with Gasteiger partial charge in [-0.05, 0) is 57.5 Å². The van der Waals surface area contributed by atoms with Gasteiger partial charge in [0.1, 0.15) is 5.82 Å². The molecule has 1 aromatic rings. The molecule has 2 atom stereocenters. The summed E-state index contributed by atoms with van der Waals surface area (Å²) in [6.45, 7) is 12.5. The summed E-state index contributed by atoms with van der Waals surface area (Å²) in [6, 6.07) is 5.75. The normalized spacial score (nSPS) is 14.2. The minimum absolute atomic E-state index is 0.161. The highest BCUT2D eigenvalue weighted by atomic mass is 19.1. The lowest BCUT2D eigenvalue weighted by molar-refractivity contribution is 0.571. The van der Waals surface area contributed by atoms with Crippen LogP contribution in [-0.4, -0.2) is 19.1 Å². The third-order valence-electron chi connectivity index (χ3n) is 3.74. The van der Waals surface area contributed by atoms with E-state index in [0.29, 0.717) is 6.04 Å². The number of rotatable bonds is 7. The van der Waals surface area contributed by atoms with Crippen LogP contribution < -0.4 is 10.2 Å². The summed E-state index contributed by atoms with van der Waals surface area (Å²) in [6.07, 6.45) is 1.08. The van der Waals surface area contributed by atoms with Gasteiger partial charge in [-0.1, -0.05) is 13.8 Å². The van der Waals surface area contributed by atoms with Crippen molar-refractivity contribution < 1.29 is 4.39 Å². The van der Waals surface area contributed by atoms with Crippen LogP contribution in [0.5, 0.6) is 0 Å². The van der Waals surface area contributed by atoms with Crippen molar-refractivity contribution in [2.45, 2.75) is 53.1 Å². The molecule has 0 bridgehead atoms. The monoisotopic (exact) mass is 266 g/mol. The van der Waals surface area contributed by atoms with Gasteiger partial charge in [-0.15, -0.1) is 0 Å². The number of halogens is 1. The second-order valence-electron chi connectivity index (χ2n) is 5.03. The summed E-state index contributed by atoms with van der Waals surface area (Å²) in [7, 11) is 0. The van der Waals surface area contributed by atoms with Crippen molar-refractivity contribution in [3.8, 4) is 0 Å². The first-order chi connectivity index (χ1) is 9.04. The Labute approximate surface area is 117 Å². The number of hydrogen-bond acceptors (Lipinski definition) is 2. The van der Waals surface area contributed by atoms with E-state index in [9.17, 15) is 4.39 Å². The van der Waals surface area contributed by atoms with E-state index in [1.807, 2.05) is 6.07 Å². The Kier molecular flexibility index (Phi) is 6.29. The molecular formula is C16H27FN2. The lowest BCUT2D eigenvalue weighted by Crippen LogP contribution is -2.34. The van der Waals surface area contributed by atoms with Crippen LogP contribution in [0.4, 0.5) is 10.1 Å². The molecule has 0 aromatic heterocycles. The number of benzene rings is 1. The van der Waals surface area contributed by atoms with Crippen LogP contribution in [0.3, 0.4) is 0 Å². The van der Waals surface area contributed by atoms with Gasteiger partial charge in [0, 0.05) is 24.3 Å². The summed E-state index contributed by atoms with van der Waals surface area (Å²) in [4.78, 5) is 2.35. The number of nitrogens with zero attached hydrogens (tertiary/aromatic N) is 1. The fourth-order valence-corrected chi connectivity index (χ4v) is 2.49. The second-order valence-corrected chi connectivity index (χ2v) is 5.03. The first-order valence-electron chi connectivity index (χ1n) is 7.34. The Morgan fingerprint density at radius 3 is 2.42 bits per heavy atom. The molecule has 0 spiro atoms. The quantitative estimate of drug-likeness (QED) is 0.798. The van der Waals surface area contributed by atoms with Crippen LogP contribution in [0.25, 0.3) is 0 Å². The van der Waals surface area contributed by atoms with Gasteiger partial charge < -0.3 is 10.2 Å². The van der Waals surface area contributed by atoms with Gasteiger partial charge in [0.25, 0.3) is 0 Å². The van der Waals surface area contributed by atoms with E-state index in [4.69, 9.17) is 0 Å². The standard InChI is InChI=1S/C16H27FN2/c1-6-12(4)19(8-3)16-10-9-14(17)11-15(16)13(5)18-7-2/h9-13,18H,6-8H2,1-5H3. The highest BCUT2D eigenvalue weighted by molar-refractivity contribution is 5.55. The maximum absolute atomic E-state index is 13.6. The van der Waals surface area contributed by atoms with Crippen molar-refractivity contribution in [2.75, 3.05) is 18.0 Å². The van der Waals surface area contributed by atoms with E-state index in [2.05, 4.69) is 44.8 Å². The highest BCUT2D eigenvalue weighted by Gasteiger charge is 2.18. The summed E-state index contributed by atoms with van der Waals surface area (Å²) in [5.74, 6) is -0.163. The summed E-state index contributed by atoms with van der Waals surface area (Å²) in [5.41, 5.74) is 2.19. The average molecular weight is 266 g/mol. The molecule has 0 aliphatic heterocycles. The summed E-state index contributed by atoms with van der Waals surface area (Å²) >= 11 is 0. The summed E-state index contributed by atoms with van der Waals surface area (Å²) in [5, 5.41) is 3.37. The van der Waals surface area contributed by atoms with Crippen LogP contribution in [-0.2, 0) is 0 Å². The van der Waals surface area contributed by atoms with Gasteiger partial charge in [-0.2, -0.15) is 0 Å². The number of nitrogens with one attached hydrogen (secondary N) is 1. The van der Waals surface area contributed by atoms with Gasteiger partial charge in [0.2, 0.25) is 0 Å². The van der Waals surface area contributed by atoms with E-state index in [1.54, 1.807) is 12.1 Å². The Morgan fingerprint density at radius 2 is 1.89 bits per heavy atom. The van der Waals surface area contributed by atoms with Gasteiger partial charge in [-0.25, -0.2) is 4.39 Å². The lowest BCUT2D eigenvalue weighted by Gasteiger charge is -2.33. The molecule has 0 heterocycles. The zero-order valence-corrected chi connectivity index (χ0v) is 12.8. The zero-order chi connectivity index (χ0) is 14.4.